The summed E-state index contributed by atoms with van der Waals surface area (Å²) in [6, 6.07) is 6.28. The summed E-state index contributed by atoms with van der Waals surface area (Å²) in [7, 11) is 0. The van der Waals surface area contributed by atoms with Crippen LogP contribution in [0.25, 0.3) is 11.4 Å². The predicted octanol–water partition coefficient (Wildman–Crippen LogP) is 1.52. The first-order valence-corrected chi connectivity index (χ1v) is 7.17. The summed E-state index contributed by atoms with van der Waals surface area (Å²) in [6.07, 6.45) is 3.28. The molecule has 0 atom stereocenters. The molecule has 3 aromatic rings. The number of aromatic nitrogens is 4. The molecular weight excluding hydrogens is 310 g/mol. The van der Waals surface area contributed by atoms with E-state index < -0.39 is 5.91 Å². The highest BCUT2D eigenvalue weighted by atomic mass is 16.3. The SMILES string of the molecule is Cc1c(O)ccc(C(=O)NCc2nc(-c3ccncc3)n[nH]2)c1O. The van der Waals surface area contributed by atoms with Crippen molar-refractivity contribution in [2.45, 2.75) is 13.5 Å². The number of aromatic amines is 1. The molecule has 0 aliphatic carbocycles. The van der Waals surface area contributed by atoms with E-state index in [1.807, 2.05) is 0 Å². The molecule has 0 fully saturated rings. The molecular formula is C16H15N5O3. The number of phenols is 2. The molecule has 8 heteroatoms. The molecule has 3 rings (SSSR count). The van der Waals surface area contributed by atoms with Crippen LogP contribution in [0.1, 0.15) is 21.7 Å². The second kappa shape index (κ2) is 6.37. The fourth-order valence-electron chi connectivity index (χ4n) is 2.14. The molecule has 0 radical (unpaired) electrons. The van der Waals surface area contributed by atoms with Crippen molar-refractivity contribution in [2.24, 2.45) is 0 Å². The number of nitrogens with one attached hydrogen (secondary N) is 2. The lowest BCUT2D eigenvalue weighted by Crippen LogP contribution is -2.23. The quantitative estimate of drug-likeness (QED) is 0.576. The van der Waals surface area contributed by atoms with Gasteiger partial charge in [-0.15, -0.1) is 0 Å². The average Bonchev–Trinajstić information content (AvgIpc) is 3.07. The van der Waals surface area contributed by atoms with E-state index >= 15 is 0 Å². The van der Waals surface area contributed by atoms with Gasteiger partial charge in [0.2, 0.25) is 0 Å². The number of benzene rings is 1. The van der Waals surface area contributed by atoms with Crippen LogP contribution in [0.3, 0.4) is 0 Å². The number of carbonyl (C=O) groups excluding carboxylic acids is 1. The molecule has 2 heterocycles. The Bertz CT molecular complexity index is 877. The van der Waals surface area contributed by atoms with Gasteiger partial charge in [-0.05, 0) is 31.2 Å². The second-order valence-electron chi connectivity index (χ2n) is 5.13. The summed E-state index contributed by atoms with van der Waals surface area (Å²) in [5.41, 5.74) is 1.15. The fraction of sp³-hybridized carbons (Fsp3) is 0.125. The number of pyridine rings is 1. The largest absolute Gasteiger partial charge is 0.508 e. The van der Waals surface area contributed by atoms with Gasteiger partial charge in [0.05, 0.1) is 12.1 Å². The number of hydrogen-bond donors (Lipinski definition) is 4. The van der Waals surface area contributed by atoms with Crippen molar-refractivity contribution in [2.75, 3.05) is 0 Å². The normalized spacial score (nSPS) is 10.5. The van der Waals surface area contributed by atoms with Crippen molar-refractivity contribution < 1.29 is 15.0 Å². The molecule has 1 aromatic carbocycles. The lowest BCUT2D eigenvalue weighted by Gasteiger charge is -2.08. The van der Waals surface area contributed by atoms with Crippen LogP contribution in [0.5, 0.6) is 11.5 Å². The third kappa shape index (κ3) is 3.02. The number of amides is 1. The summed E-state index contributed by atoms with van der Waals surface area (Å²) in [5.74, 6) is 0.191. The molecule has 0 bridgehead atoms. The topological polar surface area (TPSA) is 124 Å². The number of phenolic OH excluding ortho intramolecular Hbond substituents is 2. The van der Waals surface area contributed by atoms with Gasteiger partial charge in [0.1, 0.15) is 17.3 Å². The highest BCUT2D eigenvalue weighted by Gasteiger charge is 2.15. The van der Waals surface area contributed by atoms with E-state index in [0.717, 1.165) is 5.56 Å². The zero-order chi connectivity index (χ0) is 17.1. The zero-order valence-electron chi connectivity index (χ0n) is 12.8. The molecule has 0 aliphatic heterocycles. The van der Waals surface area contributed by atoms with E-state index in [2.05, 4.69) is 25.5 Å². The number of rotatable bonds is 4. The summed E-state index contributed by atoms with van der Waals surface area (Å²) >= 11 is 0. The Hall–Kier alpha value is -3.42. The van der Waals surface area contributed by atoms with Gasteiger partial charge in [-0.25, -0.2) is 4.98 Å². The van der Waals surface area contributed by atoms with Crippen LogP contribution in [-0.4, -0.2) is 36.3 Å². The van der Waals surface area contributed by atoms with Gasteiger partial charge in [0.15, 0.2) is 5.82 Å². The first-order chi connectivity index (χ1) is 11.6. The number of carbonyl (C=O) groups is 1. The van der Waals surface area contributed by atoms with E-state index in [1.54, 1.807) is 24.5 Å². The minimum atomic E-state index is -0.475. The van der Waals surface area contributed by atoms with Crippen molar-refractivity contribution in [3.63, 3.8) is 0 Å². The van der Waals surface area contributed by atoms with Crippen molar-refractivity contribution in [1.82, 2.24) is 25.5 Å². The molecule has 4 N–H and O–H groups in total. The molecule has 0 spiro atoms. The van der Waals surface area contributed by atoms with Gasteiger partial charge in [0, 0.05) is 23.5 Å². The minimum absolute atomic E-state index is 0.0683. The maximum Gasteiger partial charge on any atom is 0.255 e. The Balaban J connectivity index is 1.69. The maximum absolute atomic E-state index is 12.2. The van der Waals surface area contributed by atoms with Crippen molar-refractivity contribution >= 4 is 5.91 Å². The standard InChI is InChI=1S/C16H15N5O3/c1-9-12(22)3-2-11(14(9)23)16(24)18-8-13-19-15(21-20-13)10-4-6-17-7-5-10/h2-7,22-23H,8H2,1H3,(H,18,24)(H,19,20,21). The highest BCUT2D eigenvalue weighted by Crippen LogP contribution is 2.29. The third-order valence-corrected chi connectivity index (χ3v) is 3.53. The van der Waals surface area contributed by atoms with Crippen LogP contribution in [0.2, 0.25) is 0 Å². The first-order valence-electron chi connectivity index (χ1n) is 7.17. The van der Waals surface area contributed by atoms with E-state index in [1.165, 1.54) is 19.1 Å². The zero-order valence-corrected chi connectivity index (χ0v) is 12.8. The van der Waals surface area contributed by atoms with Gasteiger partial charge in [-0.3, -0.25) is 14.9 Å². The van der Waals surface area contributed by atoms with Crippen molar-refractivity contribution in [1.29, 1.82) is 0 Å². The Kier molecular flexibility index (Phi) is 4.11. The molecule has 0 saturated heterocycles. The van der Waals surface area contributed by atoms with Gasteiger partial charge >= 0.3 is 0 Å². The minimum Gasteiger partial charge on any atom is -0.508 e. The van der Waals surface area contributed by atoms with Crippen molar-refractivity contribution in [3.8, 4) is 22.9 Å². The van der Waals surface area contributed by atoms with Crippen LogP contribution >= 0.6 is 0 Å². The molecule has 0 unspecified atom stereocenters. The summed E-state index contributed by atoms with van der Waals surface area (Å²) in [6.45, 7) is 1.65. The van der Waals surface area contributed by atoms with Gasteiger partial charge < -0.3 is 15.5 Å². The van der Waals surface area contributed by atoms with Gasteiger partial charge in [-0.2, -0.15) is 5.10 Å². The monoisotopic (exact) mass is 325 g/mol. The lowest BCUT2D eigenvalue weighted by molar-refractivity contribution is 0.0947. The average molecular weight is 325 g/mol. The smallest absolute Gasteiger partial charge is 0.255 e. The Morgan fingerprint density at radius 2 is 1.96 bits per heavy atom. The fourth-order valence-corrected chi connectivity index (χ4v) is 2.14. The lowest BCUT2D eigenvalue weighted by atomic mass is 10.1. The molecule has 24 heavy (non-hydrogen) atoms. The Morgan fingerprint density at radius 3 is 2.71 bits per heavy atom. The number of nitrogens with zero attached hydrogens (tertiary/aromatic N) is 3. The second-order valence-corrected chi connectivity index (χ2v) is 5.13. The predicted molar refractivity (Wildman–Crippen MR) is 85.3 cm³/mol. The molecule has 8 nitrogen and oxygen atoms in total. The van der Waals surface area contributed by atoms with Crippen LogP contribution in [0.15, 0.2) is 36.7 Å². The number of aromatic hydroxyl groups is 2. The Morgan fingerprint density at radius 1 is 1.21 bits per heavy atom. The number of hydrogen-bond acceptors (Lipinski definition) is 6. The van der Waals surface area contributed by atoms with Crippen molar-refractivity contribution in [3.05, 3.63) is 53.6 Å². The molecule has 122 valence electrons. The van der Waals surface area contributed by atoms with E-state index in [0.29, 0.717) is 11.6 Å². The van der Waals surface area contributed by atoms with Crippen LogP contribution in [0, 0.1) is 6.92 Å². The van der Waals surface area contributed by atoms with Crippen LogP contribution < -0.4 is 5.32 Å². The maximum atomic E-state index is 12.2. The molecule has 2 aromatic heterocycles. The summed E-state index contributed by atoms with van der Waals surface area (Å²) in [5, 5.41) is 28.9. The van der Waals surface area contributed by atoms with Gasteiger partial charge in [0.25, 0.3) is 5.91 Å². The first kappa shape index (κ1) is 15.5. The molecule has 0 aliphatic rings. The Labute approximate surface area is 137 Å². The summed E-state index contributed by atoms with van der Waals surface area (Å²) in [4.78, 5) is 20.4. The number of H-pyrrole nitrogens is 1. The van der Waals surface area contributed by atoms with E-state index in [9.17, 15) is 15.0 Å². The van der Waals surface area contributed by atoms with Crippen LogP contribution in [-0.2, 0) is 6.54 Å². The molecule has 1 amide bonds. The molecule has 0 saturated carbocycles. The van der Waals surface area contributed by atoms with E-state index in [4.69, 9.17) is 0 Å². The van der Waals surface area contributed by atoms with E-state index in [-0.39, 0.29) is 29.2 Å². The van der Waals surface area contributed by atoms with Gasteiger partial charge in [-0.1, -0.05) is 0 Å². The highest BCUT2D eigenvalue weighted by molar-refractivity contribution is 5.97. The van der Waals surface area contributed by atoms with Crippen LogP contribution in [0.4, 0.5) is 0 Å². The third-order valence-electron chi connectivity index (χ3n) is 3.53. The summed E-state index contributed by atoms with van der Waals surface area (Å²) < 4.78 is 0.